The molecule has 2 N–H and O–H groups in total. The molecule has 1 aromatic rings. The number of nitrogens with two attached hydrogens (primary N) is 1. The quantitative estimate of drug-likeness (QED) is 0.859. The summed E-state index contributed by atoms with van der Waals surface area (Å²) in [6.07, 6.45) is 1.18. The lowest BCUT2D eigenvalue weighted by atomic mass is 10.0. The van der Waals surface area contributed by atoms with Crippen molar-refractivity contribution in [3.63, 3.8) is 0 Å². The van der Waals surface area contributed by atoms with E-state index in [4.69, 9.17) is 17.3 Å². The Bertz CT molecular complexity index is 378. The molecular formula is C13H19ClN2. The first-order chi connectivity index (χ1) is 7.65. The Labute approximate surface area is 102 Å². The van der Waals surface area contributed by atoms with Gasteiger partial charge in [-0.15, -0.1) is 0 Å². The van der Waals surface area contributed by atoms with Gasteiger partial charge in [-0.1, -0.05) is 17.7 Å². The molecule has 0 saturated carbocycles. The van der Waals surface area contributed by atoms with Crippen LogP contribution in [0.25, 0.3) is 0 Å². The highest BCUT2D eigenvalue weighted by Gasteiger charge is 2.30. The Kier molecular flexibility index (Phi) is 3.41. The maximum absolute atomic E-state index is 6.16. The number of hydrogen-bond acceptors (Lipinski definition) is 2. The molecule has 3 heteroatoms. The Balaban J connectivity index is 2.29. The van der Waals surface area contributed by atoms with Crippen LogP contribution in [0.1, 0.15) is 18.9 Å². The molecule has 1 aliphatic heterocycles. The van der Waals surface area contributed by atoms with Gasteiger partial charge in [-0.25, -0.2) is 0 Å². The van der Waals surface area contributed by atoms with Crippen LogP contribution in [0, 0.1) is 12.8 Å². The van der Waals surface area contributed by atoms with E-state index in [1.807, 2.05) is 12.1 Å². The molecule has 0 radical (unpaired) electrons. The van der Waals surface area contributed by atoms with Gasteiger partial charge in [0, 0.05) is 23.3 Å². The van der Waals surface area contributed by atoms with E-state index in [1.54, 1.807) is 0 Å². The van der Waals surface area contributed by atoms with Gasteiger partial charge in [0.15, 0.2) is 0 Å². The standard InChI is InChI=1S/C13H19ClN2/c1-9-12(14)4-3-5-13(9)16-7-6-11(8-15)10(16)2/h3-5,10-11H,6-8,15H2,1-2H3. The van der Waals surface area contributed by atoms with Crippen LogP contribution in [-0.2, 0) is 0 Å². The second-order valence-electron chi connectivity index (χ2n) is 4.60. The van der Waals surface area contributed by atoms with Gasteiger partial charge in [-0.3, -0.25) is 0 Å². The predicted octanol–water partition coefficient (Wildman–Crippen LogP) is 2.82. The highest BCUT2D eigenvalue weighted by Crippen LogP contribution is 2.33. The minimum Gasteiger partial charge on any atom is -0.368 e. The molecule has 2 nitrogen and oxygen atoms in total. The summed E-state index contributed by atoms with van der Waals surface area (Å²) in [4.78, 5) is 2.43. The Morgan fingerprint density at radius 2 is 2.25 bits per heavy atom. The van der Waals surface area contributed by atoms with Crippen LogP contribution < -0.4 is 10.6 Å². The Morgan fingerprint density at radius 3 is 2.88 bits per heavy atom. The number of halogens is 1. The first-order valence-electron chi connectivity index (χ1n) is 5.87. The zero-order valence-corrected chi connectivity index (χ0v) is 10.7. The largest absolute Gasteiger partial charge is 0.368 e. The topological polar surface area (TPSA) is 29.3 Å². The second kappa shape index (κ2) is 4.64. The lowest BCUT2D eigenvalue weighted by Crippen LogP contribution is -2.33. The van der Waals surface area contributed by atoms with E-state index in [0.29, 0.717) is 12.0 Å². The molecule has 1 saturated heterocycles. The van der Waals surface area contributed by atoms with Gasteiger partial charge in [-0.2, -0.15) is 0 Å². The lowest BCUT2D eigenvalue weighted by Gasteiger charge is -2.28. The van der Waals surface area contributed by atoms with Crippen LogP contribution in [0.3, 0.4) is 0 Å². The zero-order chi connectivity index (χ0) is 11.7. The summed E-state index contributed by atoms with van der Waals surface area (Å²) in [6.45, 7) is 6.20. The van der Waals surface area contributed by atoms with Crippen LogP contribution in [0.5, 0.6) is 0 Å². The molecule has 1 aromatic carbocycles. The van der Waals surface area contributed by atoms with Crippen LogP contribution in [0.15, 0.2) is 18.2 Å². The summed E-state index contributed by atoms with van der Waals surface area (Å²) in [5.41, 5.74) is 8.21. The molecule has 2 atom stereocenters. The molecule has 88 valence electrons. The van der Waals surface area contributed by atoms with E-state index in [-0.39, 0.29) is 0 Å². The third kappa shape index (κ3) is 1.92. The van der Waals surface area contributed by atoms with E-state index >= 15 is 0 Å². The van der Waals surface area contributed by atoms with Crippen molar-refractivity contribution in [3.05, 3.63) is 28.8 Å². The Hall–Kier alpha value is -0.730. The molecule has 0 spiro atoms. The Morgan fingerprint density at radius 1 is 1.50 bits per heavy atom. The lowest BCUT2D eigenvalue weighted by molar-refractivity contribution is 0.508. The van der Waals surface area contributed by atoms with Gasteiger partial charge in [0.2, 0.25) is 0 Å². The summed E-state index contributed by atoms with van der Waals surface area (Å²) in [7, 11) is 0. The summed E-state index contributed by atoms with van der Waals surface area (Å²) < 4.78 is 0. The predicted molar refractivity (Wildman–Crippen MR) is 70.2 cm³/mol. The van der Waals surface area contributed by atoms with Gasteiger partial charge in [0.05, 0.1) is 0 Å². The number of nitrogens with zero attached hydrogens (tertiary/aromatic N) is 1. The van der Waals surface area contributed by atoms with Gasteiger partial charge in [0.1, 0.15) is 0 Å². The number of anilines is 1. The maximum Gasteiger partial charge on any atom is 0.0455 e. The summed E-state index contributed by atoms with van der Waals surface area (Å²) in [6, 6.07) is 6.63. The van der Waals surface area contributed by atoms with E-state index in [2.05, 4.69) is 24.8 Å². The van der Waals surface area contributed by atoms with Crippen LogP contribution in [0.2, 0.25) is 5.02 Å². The van der Waals surface area contributed by atoms with Crippen LogP contribution in [0.4, 0.5) is 5.69 Å². The van der Waals surface area contributed by atoms with Crippen molar-refractivity contribution in [2.45, 2.75) is 26.3 Å². The molecule has 0 aromatic heterocycles. The van der Waals surface area contributed by atoms with Crippen molar-refractivity contribution in [2.24, 2.45) is 11.7 Å². The van der Waals surface area contributed by atoms with Crippen molar-refractivity contribution < 1.29 is 0 Å². The van der Waals surface area contributed by atoms with Crippen molar-refractivity contribution in [3.8, 4) is 0 Å². The van der Waals surface area contributed by atoms with Gasteiger partial charge in [0.25, 0.3) is 0 Å². The van der Waals surface area contributed by atoms with E-state index < -0.39 is 0 Å². The fraction of sp³-hybridized carbons (Fsp3) is 0.538. The summed E-state index contributed by atoms with van der Waals surface area (Å²) in [5, 5.41) is 0.848. The fourth-order valence-electron chi connectivity index (χ4n) is 2.57. The van der Waals surface area contributed by atoms with Crippen molar-refractivity contribution in [1.29, 1.82) is 0 Å². The number of benzene rings is 1. The summed E-state index contributed by atoms with van der Waals surface area (Å²) in [5.74, 6) is 0.610. The molecule has 2 unspecified atom stereocenters. The fourth-order valence-corrected chi connectivity index (χ4v) is 2.74. The molecule has 2 rings (SSSR count). The molecule has 0 aliphatic carbocycles. The van der Waals surface area contributed by atoms with E-state index in [9.17, 15) is 0 Å². The third-order valence-corrected chi connectivity index (χ3v) is 4.18. The van der Waals surface area contributed by atoms with Crippen molar-refractivity contribution in [2.75, 3.05) is 18.0 Å². The first-order valence-corrected chi connectivity index (χ1v) is 6.24. The monoisotopic (exact) mass is 238 g/mol. The molecule has 0 amide bonds. The van der Waals surface area contributed by atoms with Gasteiger partial charge < -0.3 is 10.6 Å². The first kappa shape index (κ1) is 11.7. The average molecular weight is 239 g/mol. The van der Waals surface area contributed by atoms with Crippen molar-refractivity contribution >= 4 is 17.3 Å². The van der Waals surface area contributed by atoms with E-state index in [1.165, 1.54) is 17.7 Å². The van der Waals surface area contributed by atoms with Crippen LogP contribution >= 0.6 is 11.6 Å². The van der Waals surface area contributed by atoms with Crippen molar-refractivity contribution in [1.82, 2.24) is 0 Å². The molecular weight excluding hydrogens is 220 g/mol. The number of hydrogen-bond donors (Lipinski definition) is 1. The normalized spacial score (nSPS) is 25.1. The van der Waals surface area contributed by atoms with Gasteiger partial charge in [-0.05, 0) is 50.4 Å². The molecule has 1 heterocycles. The van der Waals surface area contributed by atoms with E-state index in [0.717, 1.165) is 18.1 Å². The minimum atomic E-state index is 0.516. The second-order valence-corrected chi connectivity index (χ2v) is 5.01. The molecule has 0 bridgehead atoms. The third-order valence-electron chi connectivity index (χ3n) is 3.77. The van der Waals surface area contributed by atoms with Crippen LogP contribution in [-0.4, -0.2) is 19.1 Å². The minimum absolute atomic E-state index is 0.516. The highest BCUT2D eigenvalue weighted by molar-refractivity contribution is 6.31. The van der Waals surface area contributed by atoms with Gasteiger partial charge >= 0.3 is 0 Å². The zero-order valence-electron chi connectivity index (χ0n) is 9.91. The summed E-state index contributed by atoms with van der Waals surface area (Å²) >= 11 is 6.16. The average Bonchev–Trinajstić information content (AvgIpc) is 2.64. The maximum atomic E-state index is 6.16. The molecule has 1 aliphatic rings. The highest BCUT2D eigenvalue weighted by atomic mass is 35.5. The SMILES string of the molecule is Cc1c(Cl)cccc1N1CCC(CN)C1C. The smallest absolute Gasteiger partial charge is 0.0455 e. The number of rotatable bonds is 2. The molecule has 1 fully saturated rings. The molecule has 16 heavy (non-hydrogen) atoms.